The molecule has 0 spiro atoms. The third-order valence-corrected chi connectivity index (χ3v) is 7.38. The predicted molar refractivity (Wildman–Crippen MR) is 100 cm³/mol. The second-order valence-corrected chi connectivity index (χ2v) is 8.96. The Labute approximate surface area is 159 Å². The maximum Gasteiger partial charge on any atom is 0.247 e. The van der Waals surface area contributed by atoms with Crippen molar-refractivity contribution in [3.63, 3.8) is 0 Å². The smallest absolute Gasteiger partial charge is 0.247 e. The molecular weight excluding hydrogens is 366 g/mol. The molecule has 146 valence electrons. The molecule has 27 heavy (non-hydrogen) atoms. The molecule has 2 aliphatic rings. The number of para-hydroxylation sites is 1. The summed E-state index contributed by atoms with van der Waals surface area (Å²) >= 11 is 0. The highest BCUT2D eigenvalue weighted by Gasteiger charge is 2.40. The molecule has 1 saturated heterocycles. The van der Waals surface area contributed by atoms with Crippen LogP contribution >= 0.6 is 0 Å². The second kappa shape index (κ2) is 7.21. The molecule has 1 atom stereocenters. The molecule has 0 bridgehead atoms. The second-order valence-electron chi connectivity index (χ2n) is 7.10. The molecule has 2 aliphatic heterocycles. The SMILES string of the molecule is COc1ccccc1S(=O)(=O)N1CCC[C@H]1c1nnc2n1CCN(C)CC2. The summed E-state index contributed by atoms with van der Waals surface area (Å²) < 4.78 is 35.7. The van der Waals surface area contributed by atoms with E-state index in [1.54, 1.807) is 28.6 Å². The van der Waals surface area contributed by atoms with Crippen molar-refractivity contribution in [2.75, 3.05) is 33.8 Å². The zero-order chi connectivity index (χ0) is 19.0. The van der Waals surface area contributed by atoms with E-state index in [1.165, 1.54) is 7.11 Å². The highest BCUT2D eigenvalue weighted by Crippen LogP contribution is 2.38. The Balaban J connectivity index is 1.71. The minimum Gasteiger partial charge on any atom is -0.495 e. The Hall–Kier alpha value is -1.97. The van der Waals surface area contributed by atoms with Crippen molar-refractivity contribution in [3.05, 3.63) is 35.9 Å². The summed E-state index contributed by atoms with van der Waals surface area (Å²) in [6.07, 6.45) is 2.39. The van der Waals surface area contributed by atoms with Crippen LogP contribution < -0.4 is 4.74 Å². The lowest BCUT2D eigenvalue weighted by Crippen LogP contribution is -2.33. The van der Waals surface area contributed by atoms with Crippen molar-refractivity contribution in [1.82, 2.24) is 24.0 Å². The van der Waals surface area contributed by atoms with Gasteiger partial charge in [0, 0.05) is 32.6 Å². The lowest BCUT2D eigenvalue weighted by molar-refractivity contribution is 0.330. The van der Waals surface area contributed by atoms with Crippen molar-refractivity contribution >= 4 is 10.0 Å². The van der Waals surface area contributed by atoms with Gasteiger partial charge < -0.3 is 14.2 Å². The van der Waals surface area contributed by atoms with E-state index < -0.39 is 10.0 Å². The normalized spacial score (nSPS) is 21.8. The number of ether oxygens (including phenoxy) is 1. The first kappa shape index (κ1) is 18.4. The fourth-order valence-corrected chi connectivity index (χ4v) is 5.75. The topological polar surface area (TPSA) is 80.6 Å². The molecule has 8 nitrogen and oxygen atoms in total. The lowest BCUT2D eigenvalue weighted by Gasteiger charge is -2.25. The van der Waals surface area contributed by atoms with E-state index in [0.717, 1.165) is 50.5 Å². The van der Waals surface area contributed by atoms with Crippen molar-refractivity contribution < 1.29 is 13.2 Å². The fraction of sp³-hybridized carbons (Fsp3) is 0.556. The van der Waals surface area contributed by atoms with Crippen LogP contribution in [-0.4, -0.2) is 66.2 Å². The number of hydrogen-bond donors (Lipinski definition) is 0. The van der Waals surface area contributed by atoms with Crippen LogP contribution in [0.4, 0.5) is 0 Å². The van der Waals surface area contributed by atoms with Gasteiger partial charge in [-0.2, -0.15) is 4.31 Å². The number of rotatable bonds is 4. The average molecular weight is 391 g/mol. The van der Waals surface area contributed by atoms with E-state index in [-0.39, 0.29) is 10.9 Å². The number of methoxy groups -OCH3 is 1. The Morgan fingerprint density at radius 2 is 1.93 bits per heavy atom. The van der Waals surface area contributed by atoms with Crippen LogP contribution in [0.2, 0.25) is 0 Å². The fourth-order valence-electron chi connectivity index (χ4n) is 3.94. The summed E-state index contributed by atoms with van der Waals surface area (Å²) in [5.74, 6) is 2.07. The highest BCUT2D eigenvalue weighted by atomic mass is 32.2. The summed E-state index contributed by atoms with van der Waals surface area (Å²) in [7, 11) is -0.105. The van der Waals surface area contributed by atoms with Gasteiger partial charge in [0.05, 0.1) is 13.2 Å². The van der Waals surface area contributed by atoms with Gasteiger partial charge in [-0.3, -0.25) is 0 Å². The molecule has 0 aliphatic carbocycles. The van der Waals surface area contributed by atoms with Crippen molar-refractivity contribution in [2.45, 2.75) is 36.7 Å². The van der Waals surface area contributed by atoms with E-state index in [9.17, 15) is 8.42 Å². The molecule has 4 rings (SSSR count). The van der Waals surface area contributed by atoms with E-state index in [1.807, 2.05) is 0 Å². The Morgan fingerprint density at radius 1 is 1.11 bits per heavy atom. The van der Waals surface area contributed by atoms with Gasteiger partial charge >= 0.3 is 0 Å². The van der Waals surface area contributed by atoms with Crippen LogP contribution in [0, 0.1) is 0 Å². The molecule has 0 unspecified atom stereocenters. The Morgan fingerprint density at radius 3 is 2.74 bits per heavy atom. The number of nitrogens with zero attached hydrogens (tertiary/aromatic N) is 5. The average Bonchev–Trinajstić information content (AvgIpc) is 3.27. The summed E-state index contributed by atoms with van der Waals surface area (Å²) in [4.78, 5) is 2.46. The monoisotopic (exact) mass is 391 g/mol. The zero-order valence-corrected chi connectivity index (χ0v) is 16.5. The first-order valence-corrected chi connectivity index (χ1v) is 10.7. The minimum absolute atomic E-state index is 0.203. The Bertz CT molecular complexity index is 927. The molecule has 1 aromatic heterocycles. The zero-order valence-electron chi connectivity index (χ0n) is 15.7. The maximum atomic E-state index is 13.4. The van der Waals surface area contributed by atoms with Crippen molar-refractivity contribution in [2.24, 2.45) is 0 Å². The molecule has 0 saturated carbocycles. The van der Waals surface area contributed by atoms with E-state index in [2.05, 4.69) is 26.7 Å². The van der Waals surface area contributed by atoms with Gasteiger partial charge in [-0.1, -0.05) is 12.1 Å². The largest absolute Gasteiger partial charge is 0.495 e. The van der Waals surface area contributed by atoms with Gasteiger partial charge in [-0.15, -0.1) is 10.2 Å². The van der Waals surface area contributed by atoms with E-state index in [4.69, 9.17) is 4.74 Å². The van der Waals surface area contributed by atoms with Crippen LogP contribution in [0.5, 0.6) is 5.75 Å². The Kier molecular flexibility index (Phi) is 4.92. The van der Waals surface area contributed by atoms with Crippen LogP contribution in [0.25, 0.3) is 0 Å². The standard InChI is InChI=1S/C18H25N5O3S/c1-21-11-9-17-19-20-18(22(17)13-12-21)14-6-5-10-23(14)27(24,25)16-8-4-3-7-15(16)26-2/h3-4,7-8,14H,5-6,9-13H2,1-2H3/t14-/m0/s1. The van der Waals surface area contributed by atoms with Gasteiger partial charge in [0.2, 0.25) is 10.0 Å². The van der Waals surface area contributed by atoms with E-state index >= 15 is 0 Å². The third kappa shape index (κ3) is 3.24. The van der Waals surface area contributed by atoms with Crippen LogP contribution in [0.1, 0.15) is 30.5 Å². The molecule has 1 fully saturated rings. The predicted octanol–water partition coefficient (Wildman–Crippen LogP) is 1.30. The minimum atomic E-state index is -3.69. The molecule has 9 heteroatoms. The number of fused-ring (bicyclic) bond motifs is 1. The number of hydrogen-bond acceptors (Lipinski definition) is 6. The van der Waals surface area contributed by atoms with Crippen LogP contribution in [0.15, 0.2) is 29.2 Å². The van der Waals surface area contributed by atoms with E-state index in [0.29, 0.717) is 12.3 Å². The number of likely N-dealkylation sites (N-methyl/N-ethyl adjacent to an activating group) is 1. The summed E-state index contributed by atoms with van der Waals surface area (Å²) in [6, 6.07) is 6.48. The number of sulfonamides is 1. The highest BCUT2D eigenvalue weighted by molar-refractivity contribution is 7.89. The van der Waals surface area contributed by atoms with Gasteiger partial charge in [-0.05, 0) is 32.0 Å². The third-order valence-electron chi connectivity index (χ3n) is 5.44. The quantitative estimate of drug-likeness (QED) is 0.782. The maximum absolute atomic E-state index is 13.4. The van der Waals surface area contributed by atoms with Crippen LogP contribution in [-0.2, 0) is 23.0 Å². The molecule has 2 aromatic rings. The van der Waals surface area contributed by atoms with Gasteiger partial charge in [0.25, 0.3) is 0 Å². The molecule has 3 heterocycles. The summed E-state index contributed by atoms with van der Waals surface area (Å²) in [5.41, 5.74) is 0. The molecule has 1 aromatic carbocycles. The van der Waals surface area contributed by atoms with Crippen LogP contribution in [0.3, 0.4) is 0 Å². The van der Waals surface area contributed by atoms with Crippen molar-refractivity contribution in [3.8, 4) is 5.75 Å². The summed E-state index contributed by atoms with van der Waals surface area (Å²) in [6.45, 7) is 3.11. The molecule has 0 radical (unpaired) electrons. The first-order chi connectivity index (χ1) is 13.0. The molecular formula is C18H25N5O3S. The molecule has 0 N–H and O–H groups in total. The number of benzene rings is 1. The van der Waals surface area contributed by atoms with Gasteiger partial charge in [0.15, 0.2) is 5.82 Å². The van der Waals surface area contributed by atoms with Gasteiger partial charge in [-0.25, -0.2) is 8.42 Å². The van der Waals surface area contributed by atoms with Crippen molar-refractivity contribution in [1.29, 1.82) is 0 Å². The number of aromatic nitrogens is 3. The lowest BCUT2D eigenvalue weighted by atomic mass is 10.2. The molecule has 0 amide bonds. The van der Waals surface area contributed by atoms with Gasteiger partial charge in [0.1, 0.15) is 16.5 Å². The first-order valence-electron chi connectivity index (χ1n) is 9.27. The summed E-state index contributed by atoms with van der Waals surface area (Å²) in [5, 5.41) is 8.76.